The van der Waals surface area contributed by atoms with E-state index in [-0.39, 0.29) is 33.7 Å². The number of carbonyl (C=O) groups is 2. The molecule has 1 aliphatic carbocycles. The molecule has 1 aliphatic rings. The molecule has 0 saturated heterocycles. The van der Waals surface area contributed by atoms with Gasteiger partial charge in [0, 0.05) is 6.54 Å². The van der Waals surface area contributed by atoms with Crippen molar-refractivity contribution in [2.45, 2.75) is 25.6 Å². The van der Waals surface area contributed by atoms with Crippen molar-refractivity contribution in [3.63, 3.8) is 0 Å². The van der Waals surface area contributed by atoms with Gasteiger partial charge in [0.05, 0.1) is 11.2 Å². The summed E-state index contributed by atoms with van der Waals surface area (Å²) >= 11 is 11.6. The quantitative estimate of drug-likeness (QED) is 0.817. The third-order valence-corrected chi connectivity index (χ3v) is 3.76. The molecule has 1 atom stereocenters. The number of hydrogen-bond acceptors (Lipinski definition) is 5. The SMILES string of the molecule is CC(C)(O)[C@H](F)CNC1=C(Cl)C(=O)c2ccc(Cl)nc2C1=O. The molecule has 22 heavy (non-hydrogen) atoms. The lowest BCUT2D eigenvalue weighted by Gasteiger charge is -2.24. The topological polar surface area (TPSA) is 79.3 Å². The smallest absolute Gasteiger partial charge is 0.229 e. The average molecular weight is 347 g/mol. The average Bonchev–Trinajstić information content (AvgIpc) is 2.43. The van der Waals surface area contributed by atoms with Crippen molar-refractivity contribution in [3.05, 3.63) is 39.3 Å². The van der Waals surface area contributed by atoms with Gasteiger partial charge in [-0.15, -0.1) is 0 Å². The Balaban J connectivity index is 2.31. The van der Waals surface area contributed by atoms with Crippen LogP contribution in [0.15, 0.2) is 22.9 Å². The summed E-state index contributed by atoms with van der Waals surface area (Å²) in [6.07, 6.45) is -1.67. The maximum absolute atomic E-state index is 13.8. The van der Waals surface area contributed by atoms with Gasteiger partial charge < -0.3 is 10.4 Å². The van der Waals surface area contributed by atoms with Crippen LogP contribution >= 0.6 is 23.2 Å². The van der Waals surface area contributed by atoms with E-state index in [4.69, 9.17) is 23.2 Å². The van der Waals surface area contributed by atoms with Crippen molar-refractivity contribution < 1.29 is 19.1 Å². The zero-order valence-corrected chi connectivity index (χ0v) is 13.3. The van der Waals surface area contributed by atoms with Gasteiger partial charge >= 0.3 is 0 Å². The summed E-state index contributed by atoms with van der Waals surface area (Å²) in [6, 6.07) is 2.74. The van der Waals surface area contributed by atoms with E-state index in [2.05, 4.69) is 10.3 Å². The molecule has 0 fully saturated rings. The molecule has 8 heteroatoms. The highest BCUT2D eigenvalue weighted by Gasteiger charge is 2.34. The number of allylic oxidation sites excluding steroid dienone is 2. The molecule has 0 saturated carbocycles. The first-order valence-electron chi connectivity index (χ1n) is 6.39. The van der Waals surface area contributed by atoms with E-state index < -0.39 is 23.3 Å². The van der Waals surface area contributed by atoms with Crippen LogP contribution in [-0.2, 0) is 0 Å². The number of aliphatic hydroxyl groups is 1. The van der Waals surface area contributed by atoms with E-state index in [0.717, 1.165) is 0 Å². The number of nitrogens with one attached hydrogen (secondary N) is 1. The van der Waals surface area contributed by atoms with Gasteiger partial charge in [0.15, 0.2) is 0 Å². The van der Waals surface area contributed by atoms with Gasteiger partial charge in [-0.05, 0) is 26.0 Å². The van der Waals surface area contributed by atoms with Crippen LogP contribution in [-0.4, -0.2) is 40.0 Å². The second-order valence-electron chi connectivity index (χ2n) is 5.38. The second kappa shape index (κ2) is 5.95. The molecular formula is C14H13Cl2FN2O3. The van der Waals surface area contributed by atoms with E-state index in [1.807, 2.05) is 0 Å². The fraction of sp³-hybridized carbons (Fsp3) is 0.357. The molecule has 0 amide bonds. The fourth-order valence-electron chi connectivity index (χ4n) is 1.84. The Bertz CT molecular complexity index is 683. The number of carbonyl (C=O) groups excluding carboxylic acids is 2. The minimum Gasteiger partial charge on any atom is -0.387 e. The van der Waals surface area contributed by atoms with Crippen LogP contribution in [0, 0.1) is 0 Å². The number of alkyl halides is 1. The van der Waals surface area contributed by atoms with Crippen molar-refractivity contribution in [1.29, 1.82) is 0 Å². The highest BCUT2D eigenvalue weighted by Crippen LogP contribution is 2.27. The molecule has 0 bridgehead atoms. The number of fused-ring (bicyclic) bond motifs is 1. The summed E-state index contributed by atoms with van der Waals surface area (Å²) in [5.41, 5.74) is -1.94. The first-order chi connectivity index (χ1) is 10.1. The lowest BCUT2D eigenvalue weighted by atomic mass is 9.96. The number of ketones is 2. The maximum Gasteiger partial charge on any atom is 0.229 e. The zero-order chi connectivity index (χ0) is 16.7. The number of halogens is 3. The largest absolute Gasteiger partial charge is 0.387 e. The van der Waals surface area contributed by atoms with E-state index in [0.29, 0.717) is 0 Å². The van der Waals surface area contributed by atoms with E-state index in [1.54, 1.807) is 0 Å². The second-order valence-corrected chi connectivity index (χ2v) is 6.14. The summed E-state index contributed by atoms with van der Waals surface area (Å²) in [7, 11) is 0. The molecule has 0 aromatic carbocycles. The first kappa shape index (κ1) is 16.9. The summed E-state index contributed by atoms with van der Waals surface area (Å²) in [5.74, 6) is -1.24. The van der Waals surface area contributed by atoms with Crippen LogP contribution in [0.4, 0.5) is 4.39 Å². The Morgan fingerprint density at radius 1 is 1.32 bits per heavy atom. The molecule has 2 rings (SSSR count). The highest BCUT2D eigenvalue weighted by atomic mass is 35.5. The van der Waals surface area contributed by atoms with Crippen molar-refractivity contribution in [2.75, 3.05) is 6.54 Å². The summed E-state index contributed by atoms with van der Waals surface area (Å²) in [5, 5.41) is 11.7. The number of nitrogens with zero attached hydrogens (tertiary/aromatic N) is 1. The molecule has 0 unspecified atom stereocenters. The van der Waals surface area contributed by atoms with Crippen LogP contribution in [0.5, 0.6) is 0 Å². The third kappa shape index (κ3) is 3.14. The predicted octanol–water partition coefficient (Wildman–Crippen LogP) is 2.26. The highest BCUT2D eigenvalue weighted by molar-refractivity contribution is 6.49. The van der Waals surface area contributed by atoms with Gasteiger partial charge in [-0.1, -0.05) is 23.2 Å². The molecule has 2 N–H and O–H groups in total. The number of Topliss-reactive ketones (excluding diaryl/α,β-unsaturated/α-hetero) is 2. The maximum atomic E-state index is 13.8. The predicted molar refractivity (Wildman–Crippen MR) is 80.0 cm³/mol. The molecule has 5 nitrogen and oxygen atoms in total. The molecular weight excluding hydrogens is 334 g/mol. The van der Waals surface area contributed by atoms with Gasteiger partial charge in [-0.2, -0.15) is 0 Å². The molecule has 0 radical (unpaired) electrons. The molecule has 118 valence electrons. The number of aromatic nitrogens is 1. The Morgan fingerprint density at radius 3 is 2.55 bits per heavy atom. The van der Waals surface area contributed by atoms with Gasteiger partial charge in [-0.3, -0.25) is 9.59 Å². The monoisotopic (exact) mass is 346 g/mol. The normalized spacial score (nSPS) is 16.6. The zero-order valence-electron chi connectivity index (χ0n) is 11.8. The summed E-state index contributed by atoms with van der Waals surface area (Å²) in [4.78, 5) is 28.3. The number of hydrogen-bond donors (Lipinski definition) is 2. The first-order valence-corrected chi connectivity index (χ1v) is 7.14. The fourth-order valence-corrected chi connectivity index (χ4v) is 2.24. The van der Waals surface area contributed by atoms with Crippen molar-refractivity contribution in [2.24, 2.45) is 0 Å². The van der Waals surface area contributed by atoms with Crippen molar-refractivity contribution in [1.82, 2.24) is 10.3 Å². The molecule has 0 spiro atoms. The minimum absolute atomic E-state index is 0.0456. The van der Waals surface area contributed by atoms with Crippen LogP contribution < -0.4 is 5.32 Å². The Hall–Kier alpha value is -1.50. The summed E-state index contributed by atoms with van der Waals surface area (Å²) < 4.78 is 13.8. The number of pyridine rings is 1. The van der Waals surface area contributed by atoms with Crippen molar-refractivity contribution >= 4 is 34.8 Å². The van der Waals surface area contributed by atoms with Gasteiger partial charge in [0.25, 0.3) is 0 Å². The lowest BCUT2D eigenvalue weighted by molar-refractivity contribution is -0.00133. The minimum atomic E-state index is -1.67. The molecule has 1 aromatic rings. The Morgan fingerprint density at radius 2 is 1.95 bits per heavy atom. The Kier molecular flexibility index (Phi) is 4.56. The third-order valence-electron chi connectivity index (χ3n) is 3.19. The van der Waals surface area contributed by atoms with Gasteiger partial charge in [-0.25, -0.2) is 9.37 Å². The van der Waals surface area contributed by atoms with Crippen LogP contribution in [0.2, 0.25) is 5.15 Å². The lowest BCUT2D eigenvalue weighted by Crippen LogP contribution is -2.42. The van der Waals surface area contributed by atoms with E-state index in [9.17, 15) is 19.1 Å². The molecule has 1 aromatic heterocycles. The van der Waals surface area contributed by atoms with E-state index >= 15 is 0 Å². The molecule has 1 heterocycles. The van der Waals surface area contributed by atoms with Crippen LogP contribution in [0.1, 0.15) is 34.7 Å². The van der Waals surface area contributed by atoms with Gasteiger partial charge in [0.2, 0.25) is 11.6 Å². The van der Waals surface area contributed by atoms with Crippen molar-refractivity contribution in [3.8, 4) is 0 Å². The van der Waals surface area contributed by atoms with Gasteiger partial charge in [0.1, 0.15) is 27.7 Å². The standard InChI is InChI=1S/C14H13Cl2FN2O3/c1-14(2,22)7(17)5-18-11-9(16)12(20)6-3-4-8(15)19-10(6)13(11)21/h3-4,7,18,22H,5H2,1-2H3/t7-/m1/s1. The van der Waals surface area contributed by atoms with Crippen LogP contribution in [0.25, 0.3) is 0 Å². The van der Waals surface area contributed by atoms with E-state index in [1.165, 1.54) is 26.0 Å². The van der Waals surface area contributed by atoms with Crippen LogP contribution in [0.3, 0.4) is 0 Å². The molecule has 0 aliphatic heterocycles. The number of rotatable bonds is 4. The Labute approximate surface area is 136 Å². The summed E-state index contributed by atoms with van der Waals surface area (Å²) in [6.45, 7) is 2.20.